The molecule has 0 spiro atoms. The fraction of sp³-hybridized carbons (Fsp3) is 0.167. The summed E-state index contributed by atoms with van der Waals surface area (Å²) in [6.07, 6.45) is 2.57. The van der Waals surface area contributed by atoms with Crippen molar-refractivity contribution in [3.8, 4) is 11.4 Å². The van der Waals surface area contributed by atoms with Crippen molar-refractivity contribution in [3.05, 3.63) is 48.3 Å². The lowest BCUT2D eigenvalue weighted by Crippen LogP contribution is -2.05. The zero-order valence-corrected chi connectivity index (χ0v) is 8.43. The van der Waals surface area contributed by atoms with Crippen LogP contribution in [0.15, 0.2) is 42.6 Å². The van der Waals surface area contributed by atoms with Gasteiger partial charge in [0.25, 0.3) is 0 Å². The summed E-state index contributed by atoms with van der Waals surface area (Å²) in [5, 5.41) is 0. The summed E-state index contributed by atoms with van der Waals surface area (Å²) in [4.78, 5) is 8.68. The molecule has 0 unspecified atom stereocenters. The third kappa shape index (κ3) is 2.39. The topological polar surface area (TPSA) is 51.8 Å². The molecule has 2 rings (SSSR count). The Bertz CT molecular complexity index is 426. The van der Waals surface area contributed by atoms with E-state index in [4.69, 9.17) is 5.73 Å². The Balaban J connectivity index is 2.33. The number of hydrogen-bond acceptors (Lipinski definition) is 3. The van der Waals surface area contributed by atoms with E-state index in [1.165, 1.54) is 0 Å². The van der Waals surface area contributed by atoms with Crippen LogP contribution in [0.1, 0.15) is 5.69 Å². The van der Waals surface area contributed by atoms with Crippen LogP contribution in [0.2, 0.25) is 0 Å². The van der Waals surface area contributed by atoms with Gasteiger partial charge in [-0.25, -0.2) is 9.97 Å². The predicted octanol–water partition coefficient (Wildman–Crippen LogP) is 1.64. The summed E-state index contributed by atoms with van der Waals surface area (Å²) in [6.45, 7) is 0.616. The van der Waals surface area contributed by atoms with Crippen molar-refractivity contribution in [2.24, 2.45) is 5.73 Å². The lowest BCUT2D eigenvalue weighted by atomic mass is 10.2. The monoisotopic (exact) mass is 199 g/mol. The minimum absolute atomic E-state index is 0.616. The second kappa shape index (κ2) is 4.66. The molecule has 3 heteroatoms. The number of nitrogens with two attached hydrogens (primary N) is 1. The van der Waals surface area contributed by atoms with Crippen LogP contribution < -0.4 is 5.73 Å². The van der Waals surface area contributed by atoms with Crippen molar-refractivity contribution in [2.45, 2.75) is 6.42 Å². The highest BCUT2D eigenvalue weighted by Crippen LogP contribution is 2.13. The molecule has 15 heavy (non-hydrogen) atoms. The summed E-state index contributed by atoms with van der Waals surface area (Å²) in [5.74, 6) is 0.765. The molecule has 0 fully saturated rings. The summed E-state index contributed by atoms with van der Waals surface area (Å²) in [6, 6.07) is 11.8. The van der Waals surface area contributed by atoms with E-state index in [1.807, 2.05) is 36.4 Å². The van der Waals surface area contributed by atoms with Crippen LogP contribution in [0, 0.1) is 0 Å². The van der Waals surface area contributed by atoms with Crippen LogP contribution in [0.25, 0.3) is 11.4 Å². The first-order valence-electron chi connectivity index (χ1n) is 4.97. The fourth-order valence-corrected chi connectivity index (χ4v) is 1.41. The molecule has 1 heterocycles. The van der Waals surface area contributed by atoms with Gasteiger partial charge in [-0.15, -0.1) is 0 Å². The summed E-state index contributed by atoms with van der Waals surface area (Å²) >= 11 is 0. The molecule has 2 aromatic rings. The van der Waals surface area contributed by atoms with Crippen LogP contribution in [-0.2, 0) is 6.42 Å². The average Bonchev–Trinajstić information content (AvgIpc) is 2.31. The highest BCUT2D eigenvalue weighted by atomic mass is 14.9. The maximum absolute atomic E-state index is 5.49. The van der Waals surface area contributed by atoms with E-state index in [0.29, 0.717) is 6.54 Å². The van der Waals surface area contributed by atoms with Crippen LogP contribution >= 0.6 is 0 Å². The Morgan fingerprint density at radius 3 is 2.60 bits per heavy atom. The molecule has 0 aliphatic heterocycles. The summed E-state index contributed by atoms with van der Waals surface area (Å²) in [5.41, 5.74) is 7.52. The van der Waals surface area contributed by atoms with Crippen molar-refractivity contribution >= 4 is 0 Å². The Morgan fingerprint density at radius 2 is 1.87 bits per heavy atom. The van der Waals surface area contributed by atoms with E-state index in [0.717, 1.165) is 23.5 Å². The minimum Gasteiger partial charge on any atom is -0.330 e. The highest BCUT2D eigenvalue weighted by Gasteiger charge is 2.00. The standard InChI is InChI=1S/C12H13N3/c13-8-6-11-7-9-14-12(15-11)10-4-2-1-3-5-10/h1-5,7,9H,6,8,13H2. The Hall–Kier alpha value is -1.74. The molecule has 0 bridgehead atoms. The van der Waals surface area contributed by atoms with Gasteiger partial charge in [-0.05, 0) is 12.6 Å². The molecular formula is C12H13N3. The molecule has 0 atom stereocenters. The Morgan fingerprint density at radius 1 is 1.07 bits per heavy atom. The maximum atomic E-state index is 5.49. The first-order valence-corrected chi connectivity index (χ1v) is 4.97. The van der Waals surface area contributed by atoms with Crippen molar-refractivity contribution < 1.29 is 0 Å². The Labute approximate surface area is 89.0 Å². The maximum Gasteiger partial charge on any atom is 0.159 e. The normalized spacial score (nSPS) is 10.2. The van der Waals surface area contributed by atoms with E-state index >= 15 is 0 Å². The van der Waals surface area contributed by atoms with E-state index in [1.54, 1.807) is 6.20 Å². The van der Waals surface area contributed by atoms with Crippen molar-refractivity contribution in [2.75, 3.05) is 6.54 Å². The molecule has 1 aromatic carbocycles. The van der Waals surface area contributed by atoms with Gasteiger partial charge in [-0.2, -0.15) is 0 Å². The van der Waals surface area contributed by atoms with Gasteiger partial charge in [0.2, 0.25) is 0 Å². The molecule has 0 amide bonds. The zero-order valence-electron chi connectivity index (χ0n) is 8.43. The number of nitrogens with zero attached hydrogens (tertiary/aromatic N) is 2. The van der Waals surface area contributed by atoms with Gasteiger partial charge in [0.05, 0.1) is 0 Å². The number of aromatic nitrogens is 2. The number of rotatable bonds is 3. The Kier molecular flexibility index (Phi) is 3.05. The first-order chi connectivity index (χ1) is 7.40. The number of benzene rings is 1. The van der Waals surface area contributed by atoms with Gasteiger partial charge in [0, 0.05) is 23.9 Å². The largest absolute Gasteiger partial charge is 0.330 e. The van der Waals surface area contributed by atoms with Crippen molar-refractivity contribution in [1.82, 2.24) is 9.97 Å². The van der Waals surface area contributed by atoms with Gasteiger partial charge < -0.3 is 5.73 Å². The van der Waals surface area contributed by atoms with Gasteiger partial charge in [-0.3, -0.25) is 0 Å². The van der Waals surface area contributed by atoms with Gasteiger partial charge in [0.1, 0.15) is 0 Å². The second-order valence-corrected chi connectivity index (χ2v) is 3.28. The number of hydrogen-bond donors (Lipinski definition) is 1. The molecule has 0 aliphatic rings. The molecule has 2 N–H and O–H groups in total. The summed E-state index contributed by atoms with van der Waals surface area (Å²) in [7, 11) is 0. The molecule has 0 radical (unpaired) electrons. The SMILES string of the molecule is NCCc1ccnc(-c2ccccc2)n1. The lowest BCUT2D eigenvalue weighted by molar-refractivity contribution is 0.913. The highest BCUT2D eigenvalue weighted by molar-refractivity contribution is 5.54. The molecule has 3 nitrogen and oxygen atoms in total. The van der Waals surface area contributed by atoms with Crippen LogP contribution in [-0.4, -0.2) is 16.5 Å². The van der Waals surface area contributed by atoms with Gasteiger partial charge in [0.15, 0.2) is 5.82 Å². The predicted molar refractivity (Wildman–Crippen MR) is 60.2 cm³/mol. The average molecular weight is 199 g/mol. The van der Waals surface area contributed by atoms with Crippen molar-refractivity contribution in [1.29, 1.82) is 0 Å². The molecule has 0 aliphatic carbocycles. The smallest absolute Gasteiger partial charge is 0.159 e. The fourth-order valence-electron chi connectivity index (χ4n) is 1.41. The van der Waals surface area contributed by atoms with Crippen LogP contribution in [0.3, 0.4) is 0 Å². The molecule has 0 saturated carbocycles. The van der Waals surface area contributed by atoms with E-state index < -0.39 is 0 Å². The first kappa shape index (κ1) is 9.80. The minimum atomic E-state index is 0.616. The van der Waals surface area contributed by atoms with Crippen molar-refractivity contribution in [3.63, 3.8) is 0 Å². The van der Waals surface area contributed by atoms with Crippen LogP contribution in [0.5, 0.6) is 0 Å². The zero-order chi connectivity index (χ0) is 10.5. The molecule has 76 valence electrons. The van der Waals surface area contributed by atoms with E-state index in [2.05, 4.69) is 9.97 Å². The van der Waals surface area contributed by atoms with Crippen LogP contribution in [0.4, 0.5) is 0 Å². The summed E-state index contributed by atoms with van der Waals surface area (Å²) < 4.78 is 0. The quantitative estimate of drug-likeness (QED) is 0.817. The third-order valence-electron chi connectivity index (χ3n) is 2.15. The third-order valence-corrected chi connectivity index (χ3v) is 2.15. The van der Waals surface area contributed by atoms with Gasteiger partial charge in [-0.1, -0.05) is 30.3 Å². The molecular weight excluding hydrogens is 186 g/mol. The van der Waals surface area contributed by atoms with E-state index in [9.17, 15) is 0 Å². The molecule has 1 aromatic heterocycles. The lowest BCUT2D eigenvalue weighted by Gasteiger charge is -2.02. The second-order valence-electron chi connectivity index (χ2n) is 3.28. The molecule has 0 saturated heterocycles. The van der Waals surface area contributed by atoms with E-state index in [-0.39, 0.29) is 0 Å². The van der Waals surface area contributed by atoms with Gasteiger partial charge >= 0.3 is 0 Å².